The van der Waals surface area contributed by atoms with Gasteiger partial charge in [-0.1, -0.05) is 12.1 Å². The molecule has 2 atom stereocenters. The number of carboxylic acids is 1. The van der Waals surface area contributed by atoms with Crippen molar-refractivity contribution in [2.24, 2.45) is 5.92 Å². The zero-order chi connectivity index (χ0) is 14.7. The van der Waals surface area contributed by atoms with Gasteiger partial charge in [-0.05, 0) is 56.3 Å². The molecule has 1 N–H and O–H groups in total. The molecular weight excluding hydrogens is 257 g/mol. The van der Waals surface area contributed by atoms with Crippen LogP contribution in [0, 0.1) is 18.7 Å². The van der Waals surface area contributed by atoms with Crippen LogP contribution >= 0.6 is 0 Å². The van der Waals surface area contributed by atoms with E-state index in [4.69, 9.17) is 5.11 Å². The Balaban J connectivity index is 2.05. The van der Waals surface area contributed by atoms with E-state index >= 15 is 0 Å². The van der Waals surface area contributed by atoms with E-state index in [0.717, 1.165) is 31.5 Å². The minimum Gasteiger partial charge on any atom is -0.481 e. The third kappa shape index (κ3) is 3.57. The van der Waals surface area contributed by atoms with Crippen molar-refractivity contribution >= 4 is 5.97 Å². The highest BCUT2D eigenvalue weighted by atomic mass is 19.1. The number of hydrogen-bond donors (Lipinski definition) is 1. The van der Waals surface area contributed by atoms with Crippen LogP contribution in [0.4, 0.5) is 4.39 Å². The Morgan fingerprint density at radius 2 is 2.30 bits per heavy atom. The highest BCUT2D eigenvalue weighted by Crippen LogP contribution is 2.28. The predicted molar refractivity (Wildman–Crippen MR) is 76.1 cm³/mol. The maximum Gasteiger partial charge on any atom is 0.303 e. The van der Waals surface area contributed by atoms with Gasteiger partial charge in [0.05, 0.1) is 0 Å². The Kier molecular flexibility index (Phi) is 4.76. The van der Waals surface area contributed by atoms with Crippen LogP contribution in [0.3, 0.4) is 0 Å². The summed E-state index contributed by atoms with van der Waals surface area (Å²) in [7, 11) is 0. The molecule has 3 nitrogen and oxygen atoms in total. The van der Waals surface area contributed by atoms with Gasteiger partial charge >= 0.3 is 5.97 Å². The molecule has 1 aromatic rings. The largest absolute Gasteiger partial charge is 0.481 e. The molecule has 1 fully saturated rings. The Bertz CT molecular complexity index is 489. The number of likely N-dealkylation sites (tertiary alicyclic amines) is 1. The molecule has 0 bridgehead atoms. The summed E-state index contributed by atoms with van der Waals surface area (Å²) in [6, 6.07) is 5.49. The maximum atomic E-state index is 13.7. The molecule has 0 radical (unpaired) electrons. The number of rotatable bonds is 4. The number of carboxylic acid groups (broad SMARTS) is 1. The van der Waals surface area contributed by atoms with Gasteiger partial charge in [0, 0.05) is 19.0 Å². The molecule has 2 rings (SSSR count). The molecule has 1 saturated heterocycles. The van der Waals surface area contributed by atoms with Gasteiger partial charge in [-0.15, -0.1) is 0 Å². The minimum absolute atomic E-state index is 0.127. The average Bonchev–Trinajstić information content (AvgIpc) is 2.40. The fraction of sp³-hybridized carbons (Fsp3) is 0.562. The van der Waals surface area contributed by atoms with Crippen molar-refractivity contribution in [2.45, 2.75) is 39.2 Å². The molecule has 1 aliphatic heterocycles. The van der Waals surface area contributed by atoms with Crippen molar-refractivity contribution in [2.75, 3.05) is 13.1 Å². The Morgan fingerprint density at radius 1 is 1.55 bits per heavy atom. The van der Waals surface area contributed by atoms with Crippen molar-refractivity contribution in [3.8, 4) is 0 Å². The molecule has 0 amide bonds. The van der Waals surface area contributed by atoms with Crippen molar-refractivity contribution in [1.29, 1.82) is 0 Å². The van der Waals surface area contributed by atoms with Crippen LogP contribution in [0.25, 0.3) is 0 Å². The van der Waals surface area contributed by atoms with Crippen LogP contribution in [-0.4, -0.2) is 29.1 Å². The number of aryl methyl sites for hydroxylation is 1. The molecule has 2 unspecified atom stereocenters. The Morgan fingerprint density at radius 3 is 2.95 bits per heavy atom. The molecule has 1 aliphatic rings. The first-order valence-electron chi connectivity index (χ1n) is 7.19. The summed E-state index contributed by atoms with van der Waals surface area (Å²) in [4.78, 5) is 13.1. The van der Waals surface area contributed by atoms with E-state index in [9.17, 15) is 9.18 Å². The van der Waals surface area contributed by atoms with Crippen molar-refractivity contribution < 1.29 is 14.3 Å². The lowest BCUT2D eigenvalue weighted by atomic mass is 9.92. The molecule has 0 aliphatic carbocycles. The molecular formula is C16H22FNO2. The zero-order valence-electron chi connectivity index (χ0n) is 12.1. The average molecular weight is 279 g/mol. The van der Waals surface area contributed by atoms with Crippen molar-refractivity contribution in [3.05, 3.63) is 35.1 Å². The lowest BCUT2D eigenvalue weighted by Gasteiger charge is -2.36. The van der Waals surface area contributed by atoms with Gasteiger partial charge in [0.15, 0.2) is 0 Å². The number of aliphatic carboxylic acids is 1. The fourth-order valence-electron chi connectivity index (χ4n) is 2.94. The van der Waals surface area contributed by atoms with E-state index in [-0.39, 0.29) is 24.2 Å². The topological polar surface area (TPSA) is 40.5 Å². The van der Waals surface area contributed by atoms with Crippen molar-refractivity contribution in [1.82, 2.24) is 4.90 Å². The molecule has 1 heterocycles. The molecule has 0 saturated carbocycles. The fourth-order valence-corrected chi connectivity index (χ4v) is 2.94. The number of halogens is 1. The normalized spacial score (nSPS) is 21.6. The van der Waals surface area contributed by atoms with Gasteiger partial charge in [-0.3, -0.25) is 9.69 Å². The first-order valence-corrected chi connectivity index (χ1v) is 7.19. The first-order chi connectivity index (χ1) is 9.47. The monoisotopic (exact) mass is 279 g/mol. The summed E-state index contributed by atoms with van der Waals surface area (Å²) in [5.41, 5.74) is 1.62. The summed E-state index contributed by atoms with van der Waals surface area (Å²) in [5.74, 6) is -0.696. The second-order valence-electron chi connectivity index (χ2n) is 5.79. The van der Waals surface area contributed by atoms with E-state index in [1.54, 1.807) is 19.1 Å². The summed E-state index contributed by atoms with van der Waals surface area (Å²) < 4.78 is 13.7. The van der Waals surface area contributed by atoms with Crippen LogP contribution in [-0.2, 0) is 4.79 Å². The van der Waals surface area contributed by atoms with E-state index < -0.39 is 5.97 Å². The van der Waals surface area contributed by atoms with Crippen LogP contribution < -0.4 is 0 Å². The molecule has 0 aromatic heterocycles. The SMILES string of the molecule is Cc1ccc(C(C)N2CCCC(CC(=O)O)C2)cc1F. The lowest BCUT2D eigenvalue weighted by Crippen LogP contribution is -2.38. The lowest BCUT2D eigenvalue weighted by molar-refractivity contribution is -0.138. The predicted octanol–water partition coefficient (Wildman–Crippen LogP) is 3.38. The van der Waals surface area contributed by atoms with Crippen LogP contribution in [0.1, 0.15) is 43.4 Å². The van der Waals surface area contributed by atoms with Gasteiger partial charge in [0.25, 0.3) is 0 Å². The summed E-state index contributed by atoms with van der Waals surface area (Å²) in [5, 5.41) is 8.91. The van der Waals surface area contributed by atoms with Crippen LogP contribution in [0.2, 0.25) is 0 Å². The van der Waals surface area contributed by atoms with Gasteiger partial charge < -0.3 is 5.11 Å². The third-order valence-corrected chi connectivity index (χ3v) is 4.24. The number of piperidine rings is 1. The quantitative estimate of drug-likeness (QED) is 0.918. The number of carbonyl (C=O) groups is 1. The van der Waals surface area contributed by atoms with Gasteiger partial charge in [0.1, 0.15) is 5.82 Å². The molecule has 0 spiro atoms. The second-order valence-corrected chi connectivity index (χ2v) is 5.79. The summed E-state index contributed by atoms with van der Waals surface area (Å²) in [6.45, 7) is 5.55. The second kappa shape index (κ2) is 6.35. The highest BCUT2D eigenvalue weighted by Gasteiger charge is 2.26. The molecule has 20 heavy (non-hydrogen) atoms. The standard InChI is InChI=1S/C16H22FNO2/c1-11-5-6-14(9-15(11)17)12(2)18-7-3-4-13(10-18)8-16(19)20/h5-6,9,12-13H,3-4,7-8,10H2,1-2H3,(H,19,20). The van der Waals surface area contributed by atoms with Crippen molar-refractivity contribution in [3.63, 3.8) is 0 Å². The molecule has 110 valence electrons. The Hall–Kier alpha value is -1.42. The summed E-state index contributed by atoms with van der Waals surface area (Å²) in [6.07, 6.45) is 2.21. The van der Waals surface area contributed by atoms with Gasteiger partial charge in [-0.25, -0.2) is 4.39 Å². The molecule has 4 heteroatoms. The van der Waals surface area contributed by atoms with Gasteiger partial charge in [-0.2, -0.15) is 0 Å². The third-order valence-electron chi connectivity index (χ3n) is 4.24. The highest BCUT2D eigenvalue weighted by molar-refractivity contribution is 5.67. The van der Waals surface area contributed by atoms with E-state index in [1.807, 2.05) is 6.07 Å². The van der Waals surface area contributed by atoms with E-state index in [0.29, 0.717) is 5.56 Å². The summed E-state index contributed by atoms with van der Waals surface area (Å²) >= 11 is 0. The Labute approximate surface area is 119 Å². The molecule has 1 aromatic carbocycles. The minimum atomic E-state index is -0.731. The smallest absolute Gasteiger partial charge is 0.303 e. The van der Waals surface area contributed by atoms with Crippen LogP contribution in [0.15, 0.2) is 18.2 Å². The first kappa shape index (κ1) is 15.0. The number of hydrogen-bond acceptors (Lipinski definition) is 2. The van der Waals surface area contributed by atoms with E-state index in [1.165, 1.54) is 0 Å². The van der Waals surface area contributed by atoms with Crippen LogP contribution in [0.5, 0.6) is 0 Å². The zero-order valence-corrected chi connectivity index (χ0v) is 12.1. The van der Waals surface area contributed by atoms with E-state index in [2.05, 4.69) is 11.8 Å². The maximum absolute atomic E-state index is 13.7. The number of nitrogens with zero attached hydrogens (tertiary/aromatic N) is 1. The van der Waals surface area contributed by atoms with Gasteiger partial charge in [0.2, 0.25) is 0 Å². The number of benzene rings is 1.